The first-order valence-corrected chi connectivity index (χ1v) is 6.40. The van der Waals surface area contributed by atoms with Crippen LogP contribution in [0.15, 0.2) is 0 Å². The first-order chi connectivity index (χ1) is 7.64. The SMILES string of the molecule is Cc1nn(C)c(Cl)c1CN(C)C(C)C(C)(C)C. The lowest BCUT2D eigenvalue weighted by molar-refractivity contribution is 0.134. The summed E-state index contributed by atoms with van der Waals surface area (Å²) in [5.41, 5.74) is 2.41. The summed E-state index contributed by atoms with van der Waals surface area (Å²) in [5.74, 6) is 0. The highest BCUT2D eigenvalue weighted by Crippen LogP contribution is 2.26. The largest absolute Gasteiger partial charge is 0.299 e. The normalized spacial score (nSPS) is 14.4. The van der Waals surface area contributed by atoms with Crippen LogP contribution >= 0.6 is 11.6 Å². The number of aryl methyl sites for hydroxylation is 2. The minimum absolute atomic E-state index is 0.261. The molecule has 0 spiro atoms. The number of hydrogen-bond donors (Lipinski definition) is 0. The van der Waals surface area contributed by atoms with Crippen LogP contribution < -0.4 is 0 Å². The molecule has 17 heavy (non-hydrogen) atoms. The molecule has 0 fully saturated rings. The first-order valence-electron chi connectivity index (χ1n) is 6.02. The third-order valence-electron chi connectivity index (χ3n) is 3.59. The van der Waals surface area contributed by atoms with E-state index in [-0.39, 0.29) is 5.41 Å². The Morgan fingerprint density at radius 1 is 1.41 bits per heavy atom. The third-order valence-corrected chi connectivity index (χ3v) is 4.06. The van der Waals surface area contributed by atoms with E-state index >= 15 is 0 Å². The Morgan fingerprint density at radius 2 is 1.94 bits per heavy atom. The van der Waals surface area contributed by atoms with Crippen molar-refractivity contribution in [1.82, 2.24) is 14.7 Å². The van der Waals surface area contributed by atoms with Crippen molar-refractivity contribution in [3.63, 3.8) is 0 Å². The Balaban J connectivity index is 2.85. The number of rotatable bonds is 3. The molecule has 4 heteroatoms. The molecular formula is C13H24ClN3. The van der Waals surface area contributed by atoms with E-state index in [0.717, 1.165) is 23.0 Å². The average Bonchev–Trinajstić information content (AvgIpc) is 2.42. The molecular weight excluding hydrogens is 234 g/mol. The maximum Gasteiger partial charge on any atom is 0.131 e. The summed E-state index contributed by atoms with van der Waals surface area (Å²) in [6.07, 6.45) is 0. The molecule has 0 aromatic carbocycles. The maximum absolute atomic E-state index is 6.25. The Morgan fingerprint density at radius 3 is 2.29 bits per heavy atom. The van der Waals surface area contributed by atoms with Crippen LogP contribution in [-0.4, -0.2) is 27.8 Å². The highest BCUT2D eigenvalue weighted by atomic mass is 35.5. The van der Waals surface area contributed by atoms with Gasteiger partial charge < -0.3 is 0 Å². The minimum Gasteiger partial charge on any atom is -0.299 e. The van der Waals surface area contributed by atoms with Gasteiger partial charge in [0.15, 0.2) is 0 Å². The van der Waals surface area contributed by atoms with Crippen molar-refractivity contribution in [2.75, 3.05) is 7.05 Å². The molecule has 1 atom stereocenters. The summed E-state index contributed by atoms with van der Waals surface area (Å²) < 4.78 is 1.74. The Labute approximate surface area is 110 Å². The Bertz CT molecular complexity index is 390. The smallest absolute Gasteiger partial charge is 0.131 e. The van der Waals surface area contributed by atoms with E-state index in [1.165, 1.54) is 0 Å². The van der Waals surface area contributed by atoms with Gasteiger partial charge in [-0.15, -0.1) is 0 Å². The van der Waals surface area contributed by atoms with Crippen molar-refractivity contribution < 1.29 is 0 Å². The molecule has 0 saturated heterocycles. The molecule has 0 amide bonds. The van der Waals surface area contributed by atoms with Crippen LogP contribution in [0.3, 0.4) is 0 Å². The molecule has 1 aromatic rings. The zero-order valence-corrected chi connectivity index (χ0v) is 12.8. The molecule has 0 radical (unpaired) electrons. The monoisotopic (exact) mass is 257 g/mol. The molecule has 0 aliphatic heterocycles. The van der Waals surface area contributed by atoms with Gasteiger partial charge in [0, 0.05) is 25.2 Å². The highest BCUT2D eigenvalue weighted by Gasteiger charge is 2.25. The summed E-state index contributed by atoms with van der Waals surface area (Å²) in [7, 11) is 4.02. The molecule has 3 nitrogen and oxygen atoms in total. The second-order valence-electron chi connectivity index (χ2n) is 5.94. The van der Waals surface area contributed by atoms with Gasteiger partial charge in [0.25, 0.3) is 0 Å². The van der Waals surface area contributed by atoms with Crippen LogP contribution in [0, 0.1) is 12.3 Å². The fraction of sp³-hybridized carbons (Fsp3) is 0.769. The zero-order chi connectivity index (χ0) is 13.4. The van der Waals surface area contributed by atoms with Crippen molar-refractivity contribution in [3.05, 3.63) is 16.4 Å². The second kappa shape index (κ2) is 4.99. The van der Waals surface area contributed by atoms with Crippen LogP contribution in [0.2, 0.25) is 5.15 Å². The van der Waals surface area contributed by atoms with E-state index < -0.39 is 0 Å². The Hall–Kier alpha value is -0.540. The van der Waals surface area contributed by atoms with Crippen LogP contribution in [0.5, 0.6) is 0 Å². The summed E-state index contributed by atoms with van der Waals surface area (Å²) in [6.45, 7) is 11.9. The molecule has 1 rings (SSSR count). The minimum atomic E-state index is 0.261. The summed E-state index contributed by atoms with van der Waals surface area (Å²) in [5, 5.41) is 5.09. The predicted octanol–water partition coefficient (Wildman–Crippen LogP) is 3.25. The van der Waals surface area contributed by atoms with Crippen molar-refractivity contribution in [3.8, 4) is 0 Å². The third kappa shape index (κ3) is 3.23. The maximum atomic E-state index is 6.25. The van der Waals surface area contributed by atoms with Gasteiger partial charge in [-0.25, -0.2) is 0 Å². The summed E-state index contributed by atoms with van der Waals surface area (Å²) in [6, 6.07) is 0.484. The van der Waals surface area contributed by atoms with E-state index in [2.05, 4.69) is 44.7 Å². The second-order valence-corrected chi connectivity index (χ2v) is 6.29. The van der Waals surface area contributed by atoms with Gasteiger partial charge >= 0.3 is 0 Å². The van der Waals surface area contributed by atoms with Crippen molar-refractivity contribution in [1.29, 1.82) is 0 Å². The predicted molar refractivity (Wildman–Crippen MR) is 73.3 cm³/mol. The van der Waals surface area contributed by atoms with Gasteiger partial charge in [0.1, 0.15) is 5.15 Å². The van der Waals surface area contributed by atoms with Crippen LogP contribution in [0.4, 0.5) is 0 Å². The quantitative estimate of drug-likeness (QED) is 0.829. The fourth-order valence-corrected chi connectivity index (χ4v) is 2.14. The van der Waals surface area contributed by atoms with E-state index in [4.69, 9.17) is 11.6 Å². The lowest BCUT2D eigenvalue weighted by Crippen LogP contribution is -2.38. The molecule has 0 saturated carbocycles. The van der Waals surface area contributed by atoms with E-state index in [0.29, 0.717) is 6.04 Å². The Kier molecular flexibility index (Phi) is 4.26. The van der Waals surface area contributed by atoms with Gasteiger partial charge in [0.2, 0.25) is 0 Å². The molecule has 0 aliphatic rings. The van der Waals surface area contributed by atoms with Crippen molar-refractivity contribution >= 4 is 11.6 Å². The molecule has 1 unspecified atom stereocenters. The molecule has 98 valence electrons. The molecule has 1 heterocycles. The zero-order valence-electron chi connectivity index (χ0n) is 12.0. The lowest BCUT2D eigenvalue weighted by Gasteiger charge is -2.35. The molecule has 0 aliphatic carbocycles. The fourth-order valence-electron chi connectivity index (χ4n) is 1.90. The van der Waals surface area contributed by atoms with Gasteiger partial charge in [-0.3, -0.25) is 9.58 Å². The topological polar surface area (TPSA) is 21.1 Å². The standard InChI is InChI=1S/C13H24ClN3/c1-9-11(12(14)17(7)15-9)8-16(6)10(2)13(3,4)5/h10H,8H2,1-7H3. The van der Waals surface area contributed by atoms with Crippen molar-refractivity contribution in [2.24, 2.45) is 12.5 Å². The van der Waals surface area contributed by atoms with E-state index in [1.54, 1.807) is 4.68 Å². The number of aromatic nitrogens is 2. The van der Waals surface area contributed by atoms with Crippen LogP contribution in [-0.2, 0) is 13.6 Å². The molecule has 1 aromatic heterocycles. The van der Waals surface area contributed by atoms with Gasteiger partial charge in [-0.2, -0.15) is 5.10 Å². The number of hydrogen-bond acceptors (Lipinski definition) is 2. The molecule has 0 N–H and O–H groups in total. The van der Waals surface area contributed by atoms with Crippen LogP contribution in [0.25, 0.3) is 0 Å². The van der Waals surface area contributed by atoms with E-state index in [9.17, 15) is 0 Å². The van der Waals surface area contributed by atoms with Gasteiger partial charge in [-0.05, 0) is 26.3 Å². The van der Waals surface area contributed by atoms with E-state index in [1.807, 2.05) is 14.0 Å². The first kappa shape index (κ1) is 14.5. The summed E-state index contributed by atoms with van der Waals surface area (Å²) in [4.78, 5) is 2.33. The highest BCUT2D eigenvalue weighted by molar-refractivity contribution is 6.30. The summed E-state index contributed by atoms with van der Waals surface area (Å²) >= 11 is 6.25. The van der Waals surface area contributed by atoms with Gasteiger partial charge in [0.05, 0.1) is 5.69 Å². The van der Waals surface area contributed by atoms with Crippen molar-refractivity contribution in [2.45, 2.75) is 47.2 Å². The number of halogens is 1. The lowest BCUT2D eigenvalue weighted by atomic mass is 9.87. The number of nitrogens with zero attached hydrogens (tertiary/aromatic N) is 3. The molecule has 0 bridgehead atoms. The van der Waals surface area contributed by atoms with Gasteiger partial charge in [-0.1, -0.05) is 32.4 Å². The average molecular weight is 258 g/mol. The van der Waals surface area contributed by atoms with Crippen LogP contribution in [0.1, 0.15) is 39.0 Å².